The van der Waals surface area contributed by atoms with Crippen LogP contribution in [0.3, 0.4) is 0 Å². The summed E-state index contributed by atoms with van der Waals surface area (Å²) in [5, 5.41) is 3.39. The molecule has 0 saturated carbocycles. The minimum absolute atomic E-state index is 0.119. The van der Waals surface area contributed by atoms with Crippen molar-refractivity contribution in [3.05, 3.63) is 53.6 Å². The lowest BCUT2D eigenvalue weighted by Gasteiger charge is -2.24. The Kier molecular flexibility index (Phi) is 4.23. The fraction of sp³-hybridized carbons (Fsp3) is 0.368. The number of likely N-dealkylation sites (N-methyl/N-ethyl adjacent to an activating group) is 1. The van der Waals surface area contributed by atoms with Crippen molar-refractivity contribution in [3.8, 4) is 0 Å². The molecule has 1 N–H and O–H groups in total. The van der Waals surface area contributed by atoms with Crippen LogP contribution in [0.15, 0.2) is 46.2 Å². The summed E-state index contributed by atoms with van der Waals surface area (Å²) in [7, 11) is -1.87. The molecule has 0 radical (unpaired) electrons. The van der Waals surface area contributed by atoms with E-state index in [0.29, 0.717) is 6.04 Å². The highest BCUT2D eigenvalue weighted by molar-refractivity contribution is 7.91. The molecule has 1 saturated heterocycles. The molecule has 0 bridgehead atoms. The predicted octanol–water partition coefficient (Wildman–Crippen LogP) is 3.08. The molecule has 2 aromatic carbocycles. The number of anilines is 1. The lowest BCUT2D eigenvalue weighted by atomic mass is 9.91. The van der Waals surface area contributed by atoms with Crippen LogP contribution in [0.25, 0.3) is 0 Å². The number of sulfone groups is 1. The van der Waals surface area contributed by atoms with E-state index in [0.717, 1.165) is 55.4 Å². The van der Waals surface area contributed by atoms with Gasteiger partial charge in [-0.15, -0.1) is 0 Å². The summed E-state index contributed by atoms with van der Waals surface area (Å²) in [6, 6.07) is 8.11. The minimum atomic E-state index is -3.91. The quantitative estimate of drug-likeness (QED) is 0.816. The largest absolute Gasteiger partial charge is 0.371 e. The van der Waals surface area contributed by atoms with E-state index >= 15 is 0 Å². The summed E-state index contributed by atoms with van der Waals surface area (Å²) in [5.41, 5.74) is 2.07. The first kappa shape index (κ1) is 17.4. The van der Waals surface area contributed by atoms with Crippen LogP contribution >= 0.6 is 0 Å². The molecule has 2 aromatic rings. The van der Waals surface area contributed by atoms with E-state index in [1.54, 1.807) is 12.1 Å². The number of fused-ring (bicyclic) bond motifs is 3. The van der Waals surface area contributed by atoms with Crippen molar-refractivity contribution >= 4 is 15.5 Å². The molecule has 2 aliphatic rings. The lowest BCUT2D eigenvalue weighted by Crippen LogP contribution is -2.30. The Balaban J connectivity index is 1.78. The van der Waals surface area contributed by atoms with Crippen LogP contribution in [0.2, 0.25) is 0 Å². The molecule has 0 aliphatic carbocycles. The van der Waals surface area contributed by atoms with Crippen molar-refractivity contribution in [3.63, 3.8) is 0 Å². The third-order valence-electron chi connectivity index (χ3n) is 5.50. The van der Waals surface area contributed by atoms with Gasteiger partial charge in [0, 0.05) is 24.7 Å². The second-order valence-electron chi connectivity index (χ2n) is 6.91. The molecule has 4 nitrogen and oxygen atoms in total. The van der Waals surface area contributed by atoms with Gasteiger partial charge >= 0.3 is 0 Å². The van der Waals surface area contributed by atoms with Crippen molar-refractivity contribution in [1.29, 1.82) is 0 Å². The van der Waals surface area contributed by atoms with Gasteiger partial charge in [-0.3, -0.25) is 0 Å². The number of nitrogens with zero attached hydrogens (tertiary/aromatic N) is 1. The molecule has 0 unspecified atom stereocenters. The van der Waals surface area contributed by atoms with Crippen molar-refractivity contribution in [2.75, 3.05) is 25.0 Å². The molecule has 0 spiro atoms. The predicted molar refractivity (Wildman–Crippen MR) is 95.3 cm³/mol. The standard InChI is InChI=1S/C19H20F2N2O2S/c1-23-18-5-3-12(10-15(18)14-6-8-22-9-7-19(14)23)26(24,25)13-2-4-16(20)17(21)11-13/h2-5,10-11,14,19,22H,6-9H2,1H3/t14-,19+/m1/s1. The average Bonchev–Trinajstić information content (AvgIpc) is 2.79. The van der Waals surface area contributed by atoms with Crippen LogP contribution in [-0.2, 0) is 9.84 Å². The van der Waals surface area contributed by atoms with Gasteiger partial charge in [0.2, 0.25) is 9.84 Å². The van der Waals surface area contributed by atoms with Crippen LogP contribution in [0.1, 0.15) is 24.3 Å². The number of halogens is 2. The molecule has 2 aliphatic heterocycles. The Morgan fingerprint density at radius 2 is 1.69 bits per heavy atom. The summed E-state index contributed by atoms with van der Waals surface area (Å²) in [6.07, 6.45) is 1.94. The lowest BCUT2D eigenvalue weighted by molar-refractivity contribution is 0.504. The summed E-state index contributed by atoms with van der Waals surface area (Å²) >= 11 is 0. The van der Waals surface area contributed by atoms with Gasteiger partial charge in [-0.1, -0.05) is 0 Å². The zero-order chi connectivity index (χ0) is 18.5. The van der Waals surface area contributed by atoms with Crippen LogP contribution in [0.5, 0.6) is 0 Å². The number of benzene rings is 2. The molecule has 138 valence electrons. The number of hydrogen-bond acceptors (Lipinski definition) is 4. The summed E-state index contributed by atoms with van der Waals surface area (Å²) < 4.78 is 52.4. The van der Waals surface area contributed by atoms with Crippen LogP contribution in [0.4, 0.5) is 14.5 Å². The molecule has 7 heteroatoms. The Bertz CT molecular complexity index is 962. The maximum Gasteiger partial charge on any atom is 0.206 e. The fourth-order valence-corrected chi connectivity index (χ4v) is 5.44. The minimum Gasteiger partial charge on any atom is -0.371 e. The summed E-state index contributed by atoms with van der Waals surface area (Å²) in [6.45, 7) is 1.84. The van der Waals surface area contributed by atoms with E-state index in [2.05, 4.69) is 10.2 Å². The maximum atomic E-state index is 13.5. The van der Waals surface area contributed by atoms with Crippen molar-refractivity contribution in [2.24, 2.45) is 0 Å². The molecular formula is C19H20F2N2O2S. The Morgan fingerprint density at radius 3 is 2.46 bits per heavy atom. The zero-order valence-electron chi connectivity index (χ0n) is 14.4. The number of rotatable bonds is 2. The van der Waals surface area contributed by atoms with E-state index in [-0.39, 0.29) is 15.7 Å². The van der Waals surface area contributed by atoms with Crippen LogP contribution in [0, 0.1) is 11.6 Å². The number of hydrogen-bond donors (Lipinski definition) is 1. The maximum absolute atomic E-state index is 13.5. The van der Waals surface area contributed by atoms with Gasteiger partial charge in [-0.25, -0.2) is 17.2 Å². The average molecular weight is 378 g/mol. The van der Waals surface area contributed by atoms with Crippen LogP contribution in [-0.4, -0.2) is 34.6 Å². The highest BCUT2D eigenvalue weighted by Crippen LogP contribution is 2.44. The third-order valence-corrected chi connectivity index (χ3v) is 7.25. The number of nitrogens with one attached hydrogen (secondary N) is 1. The highest BCUT2D eigenvalue weighted by Gasteiger charge is 2.37. The smallest absolute Gasteiger partial charge is 0.206 e. The molecule has 2 heterocycles. The molecule has 0 amide bonds. The summed E-state index contributed by atoms with van der Waals surface area (Å²) in [5.74, 6) is -1.96. The van der Waals surface area contributed by atoms with Crippen molar-refractivity contribution < 1.29 is 17.2 Å². The summed E-state index contributed by atoms with van der Waals surface area (Å²) in [4.78, 5) is 2.11. The van der Waals surface area contributed by atoms with Crippen LogP contribution < -0.4 is 10.2 Å². The first-order valence-electron chi connectivity index (χ1n) is 8.67. The molecule has 2 atom stereocenters. The van der Waals surface area contributed by atoms with E-state index in [9.17, 15) is 17.2 Å². The van der Waals surface area contributed by atoms with E-state index in [1.807, 2.05) is 13.1 Å². The molecular weight excluding hydrogens is 358 g/mol. The molecule has 1 fully saturated rings. The van der Waals surface area contributed by atoms with Gasteiger partial charge in [-0.2, -0.15) is 0 Å². The highest BCUT2D eigenvalue weighted by atomic mass is 32.2. The first-order valence-corrected chi connectivity index (χ1v) is 10.2. The Morgan fingerprint density at radius 1 is 1.00 bits per heavy atom. The van der Waals surface area contributed by atoms with Gasteiger partial charge in [0.25, 0.3) is 0 Å². The van der Waals surface area contributed by atoms with E-state index < -0.39 is 21.5 Å². The van der Waals surface area contributed by atoms with Gasteiger partial charge in [0.15, 0.2) is 11.6 Å². The second-order valence-corrected chi connectivity index (χ2v) is 8.86. The van der Waals surface area contributed by atoms with E-state index in [4.69, 9.17) is 0 Å². The Labute approximate surface area is 151 Å². The van der Waals surface area contributed by atoms with Gasteiger partial charge in [0.1, 0.15) is 0 Å². The monoisotopic (exact) mass is 378 g/mol. The zero-order valence-corrected chi connectivity index (χ0v) is 15.2. The second kappa shape index (κ2) is 6.32. The Hall–Kier alpha value is -1.99. The van der Waals surface area contributed by atoms with E-state index in [1.165, 1.54) is 0 Å². The fourth-order valence-electron chi connectivity index (χ4n) is 4.13. The van der Waals surface area contributed by atoms with Gasteiger partial charge in [-0.05, 0) is 67.9 Å². The van der Waals surface area contributed by atoms with Crippen molar-refractivity contribution in [2.45, 2.75) is 34.6 Å². The van der Waals surface area contributed by atoms with Gasteiger partial charge in [0.05, 0.1) is 9.79 Å². The molecule has 0 aromatic heterocycles. The first-order chi connectivity index (χ1) is 12.4. The topological polar surface area (TPSA) is 49.4 Å². The van der Waals surface area contributed by atoms with Gasteiger partial charge < -0.3 is 10.2 Å². The SMILES string of the molecule is CN1c2ccc(S(=O)(=O)c3ccc(F)c(F)c3)cc2[C@H]2CCNCC[C@@H]21. The molecule has 26 heavy (non-hydrogen) atoms. The third kappa shape index (κ3) is 2.70. The normalized spacial score (nSPS) is 22.7. The molecule has 4 rings (SSSR count). The van der Waals surface area contributed by atoms with Crippen molar-refractivity contribution in [1.82, 2.24) is 5.32 Å².